The molecule has 1 amide bonds. The summed E-state index contributed by atoms with van der Waals surface area (Å²) >= 11 is 11.6. The third kappa shape index (κ3) is 5.16. The number of nitrogens with zero attached hydrogens (tertiary/aromatic N) is 1. The van der Waals surface area contributed by atoms with Crippen LogP contribution in [0.5, 0.6) is 11.5 Å². The lowest BCUT2D eigenvalue weighted by atomic mass is 10.1. The summed E-state index contributed by atoms with van der Waals surface area (Å²) in [6.45, 7) is 1.45. The molecule has 0 bridgehead atoms. The Labute approximate surface area is 143 Å². The van der Waals surface area contributed by atoms with Gasteiger partial charge in [-0.1, -0.05) is 23.2 Å². The number of amides is 1. The average Bonchev–Trinajstić information content (AvgIpc) is 2.54. The minimum absolute atomic E-state index is 0.0299. The molecule has 7 heteroatoms. The van der Waals surface area contributed by atoms with Crippen LogP contribution in [0, 0.1) is 0 Å². The molecular formula is C16H14Cl2N2O3. The van der Waals surface area contributed by atoms with E-state index in [1.54, 1.807) is 43.3 Å². The van der Waals surface area contributed by atoms with Crippen molar-refractivity contribution < 1.29 is 14.6 Å². The van der Waals surface area contributed by atoms with Crippen molar-refractivity contribution in [2.24, 2.45) is 5.10 Å². The number of nitrogens with one attached hydrogen (secondary N) is 1. The van der Waals surface area contributed by atoms with E-state index in [1.807, 2.05) is 0 Å². The molecule has 0 aliphatic heterocycles. The first-order chi connectivity index (χ1) is 11.0. The van der Waals surface area contributed by atoms with E-state index in [0.29, 0.717) is 27.1 Å². The van der Waals surface area contributed by atoms with Crippen LogP contribution in [0.4, 0.5) is 0 Å². The zero-order chi connectivity index (χ0) is 16.8. The Morgan fingerprint density at radius 3 is 2.52 bits per heavy atom. The van der Waals surface area contributed by atoms with E-state index in [4.69, 9.17) is 27.9 Å². The molecule has 23 heavy (non-hydrogen) atoms. The lowest BCUT2D eigenvalue weighted by molar-refractivity contribution is -0.123. The minimum atomic E-state index is -0.430. The Morgan fingerprint density at radius 1 is 1.17 bits per heavy atom. The van der Waals surface area contributed by atoms with Gasteiger partial charge in [0.05, 0.1) is 5.71 Å². The van der Waals surface area contributed by atoms with E-state index in [1.165, 1.54) is 6.07 Å². The molecule has 0 unspecified atom stereocenters. The fourth-order valence-electron chi connectivity index (χ4n) is 1.72. The molecule has 120 valence electrons. The Balaban J connectivity index is 1.92. The monoisotopic (exact) mass is 352 g/mol. The summed E-state index contributed by atoms with van der Waals surface area (Å²) in [5, 5.41) is 14.7. The van der Waals surface area contributed by atoms with Crippen LogP contribution in [0.3, 0.4) is 0 Å². The molecular weight excluding hydrogens is 339 g/mol. The lowest BCUT2D eigenvalue weighted by Crippen LogP contribution is -2.25. The highest BCUT2D eigenvalue weighted by Crippen LogP contribution is 2.22. The summed E-state index contributed by atoms with van der Waals surface area (Å²) < 4.78 is 5.29. The Kier molecular flexibility index (Phi) is 5.84. The van der Waals surface area contributed by atoms with Gasteiger partial charge in [0.1, 0.15) is 11.5 Å². The molecule has 0 saturated heterocycles. The summed E-state index contributed by atoms with van der Waals surface area (Å²) in [6.07, 6.45) is 0. The molecule has 0 aliphatic rings. The fraction of sp³-hybridized carbons (Fsp3) is 0.125. The molecule has 0 atom stereocenters. The van der Waals surface area contributed by atoms with Crippen molar-refractivity contribution in [3.05, 3.63) is 58.1 Å². The van der Waals surface area contributed by atoms with Gasteiger partial charge in [0.2, 0.25) is 0 Å². The van der Waals surface area contributed by atoms with Crippen molar-refractivity contribution in [3.8, 4) is 11.5 Å². The highest BCUT2D eigenvalue weighted by molar-refractivity contribution is 6.31. The van der Waals surface area contributed by atoms with Crippen LogP contribution < -0.4 is 10.2 Å². The standard InChI is InChI=1S/C16H14Cl2N2O3/c1-10(14-8-12(18)4-7-15(14)21)19-20-16(22)9-23-13-5-2-11(17)3-6-13/h2-8,21H,9H2,1H3,(H,20,22)/b19-10+. The quantitative estimate of drug-likeness (QED) is 0.637. The summed E-state index contributed by atoms with van der Waals surface area (Å²) in [5.41, 5.74) is 3.22. The predicted octanol–water partition coefficient (Wildman–Crippen LogP) is 3.62. The van der Waals surface area contributed by atoms with E-state index in [0.717, 1.165) is 0 Å². The van der Waals surface area contributed by atoms with Crippen LogP contribution in [0.1, 0.15) is 12.5 Å². The van der Waals surface area contributed by atoms with Crippen molar-refractivity contribution in [1.29, 1.82) is 0 Å². The van der Waals surface area contributed by atoms with Crippen LogP contribution in [-0.4, -0.2) is 23.3 Å². The number of benzene rings is 2. The highest BCUT2D eigenvalue weighted by atomic mass is 35.5. The molecule has 5 nitrogen and oxygen atoms in total. The zero-order valence-corrected chi connectivity index (χ0v) is 13.7. The normalized spacial score (nSPS) is 11.2. The predicted molar refractivity (Wildman–Crippen MR) is 90.4 cm³/mol. The SMILES string of the molecule is C/C(=N\NC(=O)COc1ccc(Cl)cc1)c1cc(Cl)ccc1O. The van der Waals surface area contributed by atoms with E-state index in [-0.39, 0.29) is 12.4 Å². The first-order valence-electron chi connectivity index (χ1n) is 6.66. The highest BCUT2D eigenvalue weighted by Gasteiger charge is 2.07. The molecule has 0 saturated carbocycles. The van der Waals surface area contributed by atoms with E-state index >= 15 is 0 Å². The van der Waals surface area contributed by atoms with Crippen LogP contribution in [0.25, 0.3) is 0 Å². The molecule has 2 rings (SSSR count). The molecule has 0 radical (unpaired) electrons. The van der Waals surface area contributed by atoms with Crippen LogP contribution in [0.2, 0.25) is 10.0 Å². The smallest absolute Gasteiger partial charge is 0.277 e. The Morgan fingerprint density at radius 2 is 1.83 bits per heavy atom. The Bertz CT molecular complexity index is 731. The van der Waals surface area contributed by atoms with Gasteiger partial charge in [0.15, 0.2) is 6.61 Å². The first-order valence-corrected chi connectivity index (χ1v) is 7.41. The number of aromatic hydroxyl groups is 1. The second-order valence-electron chi connectivity index (χ2n) is 4.64. The van der Waals surface area contributed by atoms with Crippen LogP contribution in [-0.2, 0) is 4.79 Å². The van der Waals surface area contributed by atoms with Crippen LogP contribution in [0.15, 0.2) is 47.6 Å². The fourth-order valence-corrected chi connectivity index (χ4v) is 2.01. The van der Waals surface area contributed by atoms with E-state index < -0.39 is 5.91 Å². The molecule has 2 aromatic rings. The Hall–Kier alpha value is -2.24. The van der Waals surface area contributed by atoms with Gasteiger partial charge in [0, 0.05) is 15.6 Å². The van der Waals surface area contributed by atoms with Crippen molar-refractivity contribution >= 4 is 34.8 Å². The number of carbonyl (C=O) groups excluding carboxylic acids is 1. The summed E-state index contributed by atoms with van der Waals surface area (Å²) in [5.74, 6) is 0.126. The molecule has 2 aromatic carbocycles. The van der Waals surface area contributed by atoms with Gasteiger partial charge in [-0.15, -0.1) is 0 Å². The number of phenols is 1. The van der Waals surface area contributed by atoms with Gasteiger partial charge in [-0.25, -0.2) is 5.43 Å². The lowest BCUT2D eigenvalue weighted by Gasteiger charge is -2.07. The molecule has 0 aromatic heterocycles. The number of phenolic OH excluding ortho intramolecular Hbond substituents is 1. The first kappa shape index (κ1) is 17.1. The summed E-state index contributed by atoms with van der Waals surface area (Å²) in [6, 6.07) is 11.2. The van der Waals surface area contributed by atoms with Crippen molar-refractivity contribution in [2.75, 3.05) is 6.61 Å². The van der Waals surface area contributed by atoms with Crippen LogP contribution >= 0.6 is 23.2 Å². The number of rotatable bonds is 5. The number of ether oxygens (including phenoxy) is 1. The van der Waals surface area contributed by atoms with E-state index in [2.05, 4.69) is 10.5 Å². The second kappa shape index (κ2) is 7.85. The van der Waals surface area contributed by atoms with Gasteiger partial charge < -0.3 is 9.84 Å². The van der Waals surface area contributed by atoms with Gasteiger partial charge in [-0.2, -0.15) is 5.10 Å². The molecule has 2 N–H and O–H groups in total. The molecule has 0 fully saturated rings. The minimum Gasteiger partial charge on any atom is -0.507 e. The third-order valence-corrected chi connectivity index (χ3v) is 3.37. The summed E-state index contributed by atoms with van der Waals surface area (Å²) in [4.78, 5) is 11.7. The topological polar surface area (TPSA) is 70.9 Å². The van der Waals surface area contributed by atoms with Gasteiger partial charge in [-0.05, 0) is 49.4 Å². The molecule has 0 heterocycles. The maximum absolute atomic E-state index is 11.7. The maximum atomic E-state index is 11.7. The van der Waals surface area contributed by atoms with Crippen molar-refractivity contribution in [3.63, 3.8) is 0 Å². The number of hydrogen-bond acceptors (Lipinski definition) is 4. The molecule has 0 aliphatic carbocycles. The number of hydrazone groups is 1. The molecule has 0 spiro atoms. The van der Waals surface area contributed by atoms with Gasteiger partial charge in [0.25, 0.3) is 5.91 Å². The number of halogens is 2. The third-order valence-electron chi connectivity index (χ3n) is 2.88. The maximum Gasteiger partial charge on any atom is 0.277 e. The van der Waals surface area contributed by atoms with Gasteiger partial charge in [-0.3, -0.25) is 4.79 Å². The second-order valence-corrected chi connectivity index (χ2v) is 5.51. The van der Waals surface area contributed by atoms with Crippen molar-refractivity contribution in [2.45, 2.75) is 6.92 Å². The van der Waals surface area contributed by atoms with Crippen molar-refractivity contribution in [1.82, 2.24) is 5.43 Å². The van der Waals surface area contributed by atoms with Gasteiger partial charge >= 0.3 is 0 Å². The number of carbonyl (C=O) groups is 1. The number of hydrogen-bond donors (Lipinski definition) is 2. The largest absolute Gasteiger partial charge is 0.507 e. The average molecular weight is 353 g/mol. The summed E-state index contributed by atoms with van der Waals surface area (Å²) in [7, 11) is 0. The zero-order valence-electron chi connectivity index (χ0n) is 12.2. The van der Waals surface area contributed by atoms with E-state index in [9.17, 15) is 9.90 Å².